The van der Waals surface area contributed by atoms with Crippen LogP contribution in [0.4, 0.5) is 10.1 Å². The average molecular weight is 391 g/mol. The second-order valence-electron chi connectivity index (χ2n) is 5.98. The van der Waals surface area contributed by atoms with Crippen LogP contribution in [0.5, 0.6) is 0 Å². The molecule has 0 saturated heterocycles. The van der Waals surface area contributed by atoms with Crippen LogP contribution in [0, 0.1) is 19.7 Å². The van der Waals surface area contributed by atoms with E-state index in [1.54, 1.807) is 19.9 Å². The van der Waals surface area contributed by atoms with Crippen LogP contribution in [0.3, 0.4) is 0 Å². The summed E-state index contributed by atoms with van der Waals surface area (Å²) < 4.78 is 51.6. The summed E-state index contributed by atoms with van der Waals surface area (Å²) in [6.07, 6.45) is 0. The first kappa shape index (κ1) is 18.9. The van der Waals surface area contributed by atoms with Crippen molar-refractivity contribution in [1.29, 1.82) is 0 Å². The lowest BCUT2D eigenvalue weighted by Crippen LogP contribution is -2.14. The molecule has 0 unspecified atom stereocenters. The van der Waals surface area contributed by atoms with Crippen LogP contribution in [0.2, 0.25) is 0 Å². The molecule has 2 aromatic carbocycles. The number of hydrogen-bond donors (Lipinski definition) is 1. The average Bonchev–Trinajstić information content (AvgIpc) is 2.89. The van der Waals surface area contributed by atoms with Crippen LogP contribution in [0.15, 0.2) is 45.7 Å². The molecule has 0 atom stereocenters. The number of halogens is 1. The summed E-state index contributed by atoms with van der Waals surface area (Å²) in [6, 6.07) is 8.04. The first-order valence-electron chi connectivity index (χ1n) is 8.22. The number of nitrogens with one attached hydrogen (secondary N) is 1. The summed E-state index contributed by atoms with van der Waals surface area (Å²) in [5.41, 5.74) is 1.23. The maximum atomic E-state index is 13.3. The molecule has 3 rings (SSSR count). The molecule has 0 aliphatic heterocycles. The van der Waals surface area contributed by atoms with E-state index in [0.717, 1.165) is 12.1 Å². The van der Waals surface area contributed by atoms with Gasteiger partial charge in [-0.2, -0.15) is 0 Å². The van der Waals surface area contributed by atoms with E-state index >= 15 is 0 Å². The number of esters is 1. The van der Waals surface area contributed by atoms with E-state index in [2.05, 4.69) is 4.72 Å². The molecule has 1 heterocycles. The zero-order valence-corrected chi connectivity index (χ0v) is 15.8. The number of ether oxygens (including phenoxy) is 1. The lowest BCUT2D eigenvalue weighted by molar-refractivity contribution is 0.0526. The molecule has 6 nitrogen and oxygen atoms in total. The summed E-state index contributed by atoms with van der Waals surface area (Å²) in [4.78, 5) is 12.1. The van der Waals surface area contributed by atoms with E-state index in [4.69, 9.17) is 9.15 Å². The minimum Gasteiger partial charge on any atom is -0.462 e. The van der Waals surface area contributed by atoms with Gasteiger partial charge in [0.05, 0.1) is 11.5 Å². The fourth-order valence-electron chi connectivity index (χ4n) is 2.86. The highest BCUT2D eigenvalue weighted by Gasteiger charge is 2.22. The summed E-state index contributed by atoms with van der Waals surface area (Å²) in [6.45, 7) is 5.05. The first-order valence-corrected chi connectivity index (χ1v) is 9.70. The third-order valence-electron chi connectivity index (χ3n) is 4.02. The highest BCUT2D eigenvalue weighted by Crippen LogP contribution is 2.30. The van der Waals surface area contributed by atoms with Gasteiger partial charge in [0, 0.05) is 11.1 Å². The molecule has 0 aliphatic carbocycles. The Morgan fingerprint density at radius 2 is 1.93 bits per heavy atom. The largest absolute Gasteiger partial charge is 0.462 e. The fourth-order valence-corrected chi connectivity index (χ4v) is 4.14. The second-order valence-corrected chi connectivity index (χ2v) is 7.63. The molecule has 1 aromatic heterocycles. The van der Waals surface area contributed by atoms with Gasteiger partial charge in [-0.25, -0.2) is 17.6 Å². The smallest absolute Gasteiger partial charge is 0.342 e. The normalized spacial score (nSPS) is 11.6. The van der Waals surface area contributed by atoms with E-state index in [1.165, 1.54) is 25.1 Å². The number of hydrogen-bond acceptors (Lipinski definition) is 5. The van der Waals surface area contributed by atoms with Gasteiger partial charge in [0.25, 0.3) is 10.0 Å². The molecule has 0 bridgehead atoms. The van der Waals surface area contributed by atoms with E-state index in [0.29, 0.717) is 16.7 Å². The Morgan fingerprint density at radius 1 is 1.19 bits per heavy atom. The van der Waals surface area contributed by atoms with Crippen molar-refractivity contribution in [1.82, 2.24) is 0 Å². The number of sulfonamides is 1. The fraction of sp³-hybridized carbons (Fsp3) is 0.211. The minimum absolute atomic E-state index is 0.0296. The van der Waals surface area contributed by atoms with Crippen LogP contribution in [-0.4, -0.2) is 21.0 Å². The number of benzene rings is 2. The zero-order chi connectivity index (χ0) is 19.8. The molecule has 0 spiro atoms. The van der Waals surface area contributed by atoms with E-state index in [-0.39, 0.29) is 28.3 Å². The van der Waals surface area contributed by atoms with E-state index in [9.17, 15) is 17.6 Å². The van der Waals surface area contributed by atoms with Gasteiger partial charge in [-0.1, -0.05) is 0 Å². The first-order chi connectivity index (χ1) is 12.7. The number of rotatable bonds is 5. The summed E-state index contributed by atoms with van der Waals surface area (Å²) in [5, 5.41) is 0.446. The molecule has 0 aliphatic rings. The number of anilines is 1. The zero-order valence-electron chi connectivity index (χ0n) is 15.0. The molecule has 8 heteroatoms. The van der Waals surface area contributed by atoms with Crippen LogP contribution in [0.25, 0.3) is 11.0 Å². The molecular weight excluding hydrogens is 373 g/mol. The molecule has 3 aromatic rings. The Bertz CT molecular complexity index is 1130. The second kappa shape index (κ2) is 7.03. The minimum atomic E-state index is -3.93. The number of carbonyl (C=O) groups excluding carboxylic acids is 1. The van der Waals surface area contributed by atoms with Gasteiger partial charge < -0.3 is 9.15 Å². The molecule has 0 fully saturated rings. The standard InChI is InChI=1S/C19H18FNO5S/c1-4-25-19(22)18-12(3)26-16-7-6-14(10-15(16)18)21-27(23,24)17-8-5-13(20)9-11(17)2/h5-10,21H,4H2,1-3H3. The highest BCUT2D eigenvalue weighted by molar-refractivity contribution is 7.92. The van der Waals surface area contributed by atoms with Crippen molar-refractivity contribution < 1.29 is 26.8 Å². The van der Waals surface area contributed by atoms with Crippen LogP contribution < -0.4 is 4.72 Å². The van der Waals surface area contributed by atoms with Crippen molar-refractivity contribution in [3.63, 3.8) is 0 Å². The lowest BCUT2D eigenvalue weighted by atomic mass is 10.1. The van der Waals surface area contributed by atoms with Crippen LogP contribution in [-0.2, 0) is 14.8 Å². The van der Waals surface area contributed by atoms with Crippen LogP contribution in [0.1, 0.15) is 28.6 Å². The predicted molar refractivity (Wildman–Crippen MR) is 98.9 cm³/mol. The van der Waals surface area contributed by atoms with Gasteiger partial charge in [0.2, 0.25) is 0 Å². The predicted octanol–water partition coefficient (Wildman–Crippen LogP) is 4.17. The molecule has 1 N–H and O–H groups in total. The quantitative estimate of drug-likeness (QED) is 0.660. The summed E-state index contributed by atoms with van der Waals surface area (Å²) in [7, 11) is -3.93. The summed E-state index contributed by atoms with van der Waals surface area (Å²) >= 11 is 0. The van der Waals surface area contributed by atoms with Gasteiger partial charge >= 0.3 is 5.97 Å². The molecular formula is C19H18FNO5S. The monoisotopic (exact) mass is 391 g/mol. The van der Waals surface area contributed by atoms with Crippen molar-refractivity contribution in [3.05, 3.63) is 59.1 Å². The number of carbonyl (C=O) groups is 1. The SMILES string of the molecule is CCOC(=O)c1c(C)oc2ccc(NS(=O)(=O)c3ccc(F)cc3C)cc12. The Labute approximate surface area is 156 Å². The van der Waals surface area contributed by atoms with Crippen molar-refractivity contribution in [2.75, 3.05) is 11.3 Å². The van der Waals surface area contributed by atoms with Gasteiger partial charge in [-0.3, -0.25) is 4.72 Å². The molecule has 0 radical (unpaired) electrons. The Kier molecular flexibility index (Phi) is 4.93. The number of aryl methyl sites for hydroxylation is 2. The maximum absolute atomic E-state index is 13.3. The van der Waals surface area contributed by atoms with Crippen molar-refractivity contribution in [2.24, 2.45) is 0 Å². The lowest BCUT2D eigenvalue weighted by Gasteiger charge is -2.10. The summed E-state index contributed by atoms with van der Waals surface area (Å²) in [5.74, 6) is -0.665. The Morgan fingerprint density at radius 3 is 2.59 bits per heavy atom. The van der Waals surface area contributed by atoms with Crippen LogP contribution >= 0.6 is 0 Å². The molecule has 142 valence electrons. The van der Waals surface area contributed by atoms with E-state index in [1.807, 2.05) is 0 Å². The van der Waals surface area contributed by atoms with Gasteiger partial charge in [-0.15, -0.1) is 0 Å². The highest BCUT2D eigenvalue weighted by atomic mass is 32.2. The molecule has 0 amide bonds. The van der Waals surface area contributed by atoms with Crippen molar-refractivity contribution >= 4 is 32.6 Å². The molecule has 27 heavy (non-hydrogen) atoms. The van der Waals surface area contributed by atoms with E-state index < -0.39 is 21.8 Å². The maximum Gasteiger partial charge on any atom is 0.342 e. The number of fused-ring (bicyclic) bond motifs is 1. The topological polar surface area (TPSA) is 85.6 Å². The molecule has 0 saturated carbocycles. The van der Waals surface area contributed by atoms with Gasteiger partial charge in [0.1, 0.15) is 22.7 Å². The third kappa shape index (κ3) is 3.66. The Hall–Kier alpha value is -2.87. The Balaban J connectivity index is 2.02. The van der Waals surface area contributed by atoms with Crippen molar-refractivity contribution in [2.45, 2.75) is 25.7 Å². The van der Waals surface area contributed by atoms with Gasteiger partial charge in [0.15, 0.2) is 0 Å². The van der Waals surface area contributed by atoms with Gasteiger partial charge in [-0.05, 0) is 62.7 Å². The third-order valence-corrected chi connectivity index (χ3v) is 5.56. The van der Waals surface area contributed by atoms with Crippen molar-refractivity contribution in [3.8, 4) is 0 Å². The number of furan rings is 1.